The van der Waals surface area contributed by atoms with Gasteiger partial charge in [-0.25, -0.2) is 8.42 Å². The monoisotopic (exact) mass is 461 g/mol. The van der Waals surface area contributed by atoms with Crippen LogP contribution in [0.1, 0.15) is 22.9 Å². The Morgan fingerprint density at radius 2 is 1.70 bits per heavy atom. The summed E-state index contributed by atoms with van der Waals surface area (Å²) in [5.74, 6) is -0.183. The topological polar surface area (TPSA) is 69.7 Å². The maximum absolute atomic E-state index is 12.9. The van der Waals surface area contributed by atoms with Gasteiger partial charge in [-0.3, -0.25) is 9.69 Å². The molecule has 1 N–H and O–H groups in total. The molecule has 0 bridgehead atoms. The Kier molecular flexibility index (Phi) is 6.85. The van der Waals surface area contributed by atoms with Crippen LogP contribution in [-0.4, -0.2) is 49.7 Å². The van der Waals surface area contributed by atoms with E-state index in [1.54, 1.807) is 12.1 Å². The highest BCUT2D eigenvalue weighted by Crippen LogP contribution is 2.29. The number of hydrogen-bond acceptors (Lipinski definition) is 5. The molecule has 0 spiro atoms. The summed E-state index contributed by atoms with van der Waals surface area (Å²) in [6.45, 7) is 3.75. The molecule has 0 radical (unpaired) electrons. The number of rotatable bonds is 6. The summed E-state index contributed by atoms with van der Waals surface area (Å²) < 4.78 is 65.4. The second-order valence-corrected chi connectivity index (χ2v) is 10.3. The van der Waals surface area contributed by atoms with Crippen LogP contribution in [-0.2, 0) is 34.1 Å². The van der Waals surface area contributed by atoms with E-state index in [1.165, 1.54) is 23.4 Å². The first-order chi connectivity index (χ1) is 14.1. The molecule has 1 aromatic heterocycles. The Hall–Kier alpha value is -1.95. The lowest BCUT2D eigenvalue weighted by molar-refractivity contribution is -0.137. The Labute approximate surface area is 177 Å². The van der Waals surface area contributed by atoms with Crippen LogP contribution in [0.3, 0.4) is 0 Å². The van der Waals surface area contributed by atoms with Crippen molar-refractivity contribution in [3.8, 4) is 0 Å². The molecule has 6 nitrogen and oxygen atoms in total. The number of nitrogens with zero attached hydrogens (tertiary/aromatic N) is 2. The molecule has 1 aliphatic rings. The smallest absolute Gasteiger partial charge is 0.351 e. The third-order valence-electron chi connectivity index (χ3n) is 4.76. The quantitative estimate of drug-likeness (QED) is 0.718. The number of piperazine rings is 1. The fourth-order valence-electron chi connectivity index (χ4n) is 3.12. The van der Waals surface area contributed by atoms with Gasteiger partial charge in [0.2, 0.25) is 5.91 Å². The summed E-state index contributed by atoms with van der Waals surface area (Å²) in [6, 6.07) is 8.26. The van der Waals surface area contributed by atoms with Crippen LogP contribution in [0.25, 0.3) is 0 Å². The van der Waals surface area contributed by atoms with E-state index in [0.29, 0.717) is 32.7 Å². The summed E-state index contributed by atoms with van der Waals surface area (Å²) in [4.78, 5) is 13.8. The Morgan fingerprint density at radius 1 is 1.07 bits per heavy atom. The van der Waals surface area contributed by atoms with Crippen LogP contribution >= 0.6 is 11.3 Å². The number of carbonyl (C=O) groups excluding carboxylic acids is 1. The molecular weight excluding hydrogens is 439 g/mol. The first-order valence-corrected chi connectivity index (χ1v) is 11.5. The average Bonchev–Trinajstić information content (AvgIpc) is 3.16. The van der Waals surface area contributed by atoms with Gasteiger partial charge < -0.3 is 5.32 Å². The summed E-state index contributed by atoms with van der Waals surface area (Å²) in [5.41, 5.74) is 0.0659. The van der Waals surface area contributed by atoms with Gasteiger partial charge in [-0.15, -0.1) is 11.3 Å². The van der Waals surface area contributed by atoms with Crippen molar-refractivity contribution in [3.63, 3.8) is 0 Å². The molecule has 0 atom stereocenters. The van der Waals surface area contributed by atoms with E-state index in [4.69, 9.17) is 0 Å². The fraction of sp³-hybridized carbons (Fsp3) is 0.421. The van der Waals surface area contributed by atoms with Gasteiger partial charge >= 0.3 is 6.18 Å². The highest BCUT2D eigenvalue weighted by atomic mass is 32.2. The van der Waals surface area contributed by atoms with E-state index in [0.717, 1.165) is 33.9 Å². The van der Waals surface area contributed by atoms with Gasteiger partial charge in [-0.2, -0.15) is 17.5 Å². The lowest BCUT2D eigenvalue weighted by Gasteiger charge is -2.33. The Morgan fingerprint density at radius 3 is 2.27 bits per heavy atom. The minimum atomic E-state index is -4.36. The van der Waals surface area contributed by atoms with Crippen molar-refractivity contribution in [1.29, 1.82) is 0 Å². The van der Waals surface area contributed by atoms with Crippen LogP contribution in [0, 0.1) is 0 Å². The third kappa shape index (κ3) is 5.60. The first kappa shape index (κ1) is 22.7. The molecule has 1 saturated heterocycles. The number of nitrogens with one attached hydrogen (secondary N) is 1. The highest BCUT2D eigenvalue weighted by molar-refractivity contribution is 7.91. The van der Waals surface area contributed by atoms with E-state index >= 15 is 0 Å². The van der Waals surface area contributed by atoms with Crippen molar-refractivity contribution in [2.24, 2.45) is 0 Å². The molecule has 2 heterocycles. The summed E-state index contributed by atoms with van der Waals surface area (Å²) in [7, 11) is -3.61. The second-order valence-electron chi connectivity index (χ2n) is 7.01. The molecule has 1 aromatic carbocycles. The predicted molar refractivity (Wildman–Crippen MR) is 107 cm³/mol. The zero-order valence-corrected chi connectivity index (χ0v) is 17.9. The molecule has 164 valence electrons. The van der Waals surface area contributed by atoms with Crippen molar-refractivity contribution in [2.75, 3.05) is 26.2 Å². The summed E-state index contributed by atoms with van der Waals surface area (Å²) >= 11 is 1.13. The molecule has 11 heteroatoms. The van der Waals surface area contributed by atoms with Gasteiger partial charge in [0.25, 0.3) is 10.0 Å². The fourth-order valence-corrected chi connectivity index (χ4v) is 5.99. The van der Waals surface area contributed by atoms with Crippen LogP contribution in [0.5, 0.6) is 0 Å². The SMILES string of the molecule is CC(=O)NCc1ccc(S(=O)(=O)N2CCN(Cc3ccc(C(F)(F)F)cc3)CC2)s1. The molecule has 30 heavy (non-hydrogen) atoms. The maximum Gasteiger partial charge on any atom is 0.416 e. The molecular formula is C19H22F3N3O3S2. The number of sulfonamides is 1. The normalized spacial score (nSPS) is 16.5. The standard InChI is InChI=1S/C19H22F3N3O3S2/c1-14(26)23-12-17-6-7-18(29-17)30(27,28)25-10-8-24(9-11-25)13-15-2-4-16(5-3-15)19(20,21)22/h2-7H,8-13H2,1H3,(H,23,26). The van der Waals surface area contributed by atoms with Crippen molar-refractivity contribution < 1.29 is 26.4 Å². The van der Waals surface area contributed by atoms with Gasteiger partial charge in [-0.05, 0) is 29.8 Å². The number of carbonyl (C=O) groups is 1. The maximum atomic E-state index is 12.9. The molecule has 0 unspecified atom stereocenters. The second kappa shape index (κ2) is 9.04. The summed E-state index contributed by atoms with van der Waals surface area (Å²) in [6.07, 6.45) is -4.36. The van der Waals surface area contributed by atoms with Gasteiger partial charge in [0.15, 0.2) is 0 Å². The molecule has 1 aliphatic heterocycles. The number of halogens is 3. The van der Waals surface area contributed by atoms with Gasteiger partial charge in [0.05, 0.1) is 12.1 Å². The van der Waals surface area contributed by atoms with E-state index in [-0.39, 0.29) is 16.7 Å². The molecule has 3 rings (SSSR count). The van der Waals surface area contributed by atoms with Crippen molar-refractivity contribution in [2.45, 2.75) is 30.4 Å². The number of benzene rings is 1. The molecule has 1 amide bonds. The Bertz CT molecular complexity index is 980. The highest BCUT2D eigenvalue weighted by Gasteiger charge is 2.31. The van der Waals surface area contributed by atoms with Gasteiger partial charge in [0, 0.05) is 44.5 Å². The molecule has 2 aromatic rings. The van der Waals surface area contributed by atoms with E-state index in [9.17, 15) is 26.4 Å². The lowest BCUT2D eigenvalue weighted by Crippen LogP contribution is -2.48. The largest absolute Gasteiger partial charge is 0.416 e. The number of alkyl halides is 3. The van der Waals surface area contributed by atoms with Crippen LogP contribution in [0.15, 0.2) is 40.6 Å². The van der Waals surface area contributed by atoms with Gasteiger partial charge in [-0.1, -0.05) is 12.1 Å². The summed E-state index contributed by atoms with van der Waals surface area (Å²) in [5, 5.41) is 2.64. The third-order valence-corrected chi connectivity index (χ3v) is 8.21. The van der Waals surface area contributed by atoms with Crippen molar-refractivity contribution >= 4 is 27.3 Å². The minimum Gasteiger partial charge on any atom is -0.351 e. The Balaban J connectivity index is 1.56. The zero-order chi connectivity index (χ0) is 21.9. The van der Waals surface area contributed by atoms with E-state index in [2.05, 4.69) is 5.32 Å². The van der Waals surface area contributed by atoms with E-state index in [1.807, 2.05) is 4.90 Å². The average molecular weight is 462 g/mol. The lowest BCUT2D eigenvalue weighted by atomic mass is 10.1. The zero-order valence-electron chi connectivity index (χ0n) is 16.3. The number of thiophene rings is 1. The minimum absolute atomic E-state index is 0.183. The van der Waals surface area contributed by atoms with Crippen molar-refractivity contribution in [3.05, 3.63) is 52.4 Å². The number of amides is 1. The first-order valence-electron chi connectivity index (χ1n) is 9.27. The van der Waals surface area contributed by atoms with Crippen LogP contribution < -0.4 is 5.32 Å². The predicted octanol–water partition coefficient (Wildman–Crippen LogP) is 2.91. The van der Waals surface area contributed by atoms with Gasteiger partial charge in [0.1, 0.15) is 4.21 Å². The van der Waals surface area contributed by atoms with Crippen LogP contribution in [0.2, 0.25) is 0 Å². The molecule has 0 saturated carbocycles. The molecule has 1 fully saturated rings. The molecule has 0 aliphatic carbocycles. The van der Waals surface area contributed by atoms with Crippen molar-refractivity contribution in [1.82, 2.24) is 14.5 Å². The number of hydrogen-bond donors (Lipinski definition) is 1. The van der Waals surface area contributed by atoms with Crippen LogP contribution in [0.4, 0.5) is 13.2 Å². The van der Waals surface area contributed by atoms with E-state index < -0.39 is 21.8 Å².